The number of carbonyl (C=O) groups is 1. The first-order valence-electron chi connectivity index (χ1n) is 5.41. The molecule has 0 fully saturated rings. The fourth-order valence-electron chi connectivity index (χ4n) is 1.45. The van der Waals surface area contributed by atoms with Crippen LogP contribution >= 0.6 is 11.6 Å². The van der Waals surface area contributed by atoms with Crippen molar-refractivity contribution in [1.82, 2.24) is 0 Å². The van der Waals surface area contributed by atoms with E-state index in [1.54, 1.807) is 12.1 Å². The van der Waals surface area contributed by atoms with E-state index in [0.29, 0.717) is 16.5 Å². The lowest BCUT2D eigenvalue weighted by Crippen LogP contribution is -2.36. The van der Waals surface area contributed by atoms with E-state index in [0.717, 1.165) is 5.56 Å². The van der Waals surface area contributed by atoms with E-state index in [9.17, 15) is 4.79 Å². The first-order valence-corrected chi connectivity index (χ1v) is 5.79. The quantitative estimate of drug-likeness (QED) is 0.853. The number of halogens is 1. The molecular formula is C12H17ClN2O3. The Labute approximate surface area is 111 Å². The Balaban J connectivity index is 2.96. The molecule has 0 saturated heterocycles. The van der Waals surface area contributed by atoms with Gasteiger partial charge in [-0.25, -0.2) is 0 Å². The van der Waals surface area contributed by atoms with E-state index in [-0.39, 0.29) is 12.5 Å². The molecule has 0 heterocycles. The minimum absolute atomic E-state index is 0.108. The van der Waals surface area contributed by atoms with Gasteiger partial charge in [0.25, 0.3) is 5.91 Å². The molecule has 6 heteroatoms. The predicted octanol–water partition coefficient (Wildman–Crippen LogP) is 1.57. The molecule has 1 rings (SSSR count). The average molecular weight is 273 g/mol. The van der Waals surface area contributed by atoms with Crippen molar-refractivity contribution in [2.75, 3.05) is 26.1 Å². The molecule has 0 aliphatic carbocycles. The van der Waals surface area contributed by atoms with Crippen LogP contribution in [-0.2, 0) is 9.53 Å². The third-order valence-electron chi connectivity index (χ3n) is 2.53. The Morgan fingerprint density at radius 2 is 2.17 bits per heavy atom. The van der Waals surface area contributed by atoms with Crippen molar-refractivity contribution in [3.05, 3.63) is 22.7 Å². The average Bonchev–Trinajstić information content (AvgIpc) is 2.35. The summed E-state index contributed by atoms with van der Waals surface area (Å²) in [7, 11) is 2.94. The van der Waals surface area contributed by atoms with Crippen LogP contribution < -0.4 is 15.8 Å². The fraction of sp³-hybridized carbons (Fsp3) is 0.417. The number of rotatable bonds is 5. The van der Waals surface area contributed by atoms with E-state index in [1.807, 2.05) is 6.92 Å². The van der Waals surface area contributed by atoms with Crippen molar-refractivity contribution in [3.63, 3.8) is 0 Å². The Hall–Kier alpha value is -1.30. The van der Waals surface area contributed by atoms with Crippen molar-refractivity contribution >= 4 is 23.2 Å². The first kappa shape index (κ1) is 14.8. The second kappa shape index (κ2) is 6.58. The molecule has 0 aliphatic rings. The standard InChI is InChI=1S/C12H17ClN2O3/c1-7-4-9(10(17-2)5-8(7)13)15-12(16)11(6-14)18-3/h4-5,11H,6,14H2,1-3H3,(H,15,16). The Morgan fingerprint density at radius 1 is 1.50 bits per heavy atom. The second-order valence-corrected chi connectivity index (χ2v) is 4.16. The van der Waals surface area contributed by atoms with E-state index in [4.69, 9.17) is 26.8 Å². The Morgan fingerprint density at radius 3 is 2.67 bits per heavy atom. The van der Waals surface area contributed by atoms with Gasteiger partial charge < -0.3 is 20.5 Å². The van der Waals surface area contributed by atoms with E-state index in [1.165, 1.54) is 14.2 Å². The highest BCUT2D eigenvalue weighted by Gasteiger charge is 2.18. The largest absolute Gasteiger partial charge is 0.495 e. The van der Waals surface area contributed by atoms with Gasteiger partial charge in [0.1, 0.15) is 11.9 Å². The van der Waals surface area contributed by atoms with Gasteiger partial charge in [-0.1, -0.05) is 11.6 Å². The van der Waals surface area contributed by atoms with Gasteiger partial charge in [0.05, 0.1) is 12.8 Å². The van der Waals surface area contributed by atoms with E-state index in [2.05, 4.69) is 5.32 Å². The lowest BCUT2D eigenvalue weighted by Gasteiger charge is -2.16. The SMILES string of the molecule is COc1cc(Cl)c(C)cc1NC(=O)C(CN)OC. The van der Waals surface area contributed by atoms with Crippen LogP contribution in [0.15, 0.2) is 12.1 Å². The van der Waals surface area contributed by atoms with Crippen molar-refractivity contribution in [2.24, 2.45) is 5.73 Å². The summed E-state index contributed by atoms with van der Waals surface area (Å²) in [6, 6.07) is 3.39. The highest BCUT2D eigenvalue weighted by molar-refractivity contribution is 6.31. The van der Waals surface area contributed by atoms with Crippen LogP contribution in [0.4, 0.5) is 5.69 Å². The number of benzene rings is 1. The highest BCUT2D eigenvalue weighted by Crippen LogP contribution is 2.30. The third-order valence-corrected chi connectivity index (χ3v) is 2.94. The third kappa shape index (κ3) is 3.35. The van der Waals surface area contributed by atoms with Gasteiger partial charge in [-0.05, 0) is 18.6 Å². The molecule has 0 radical (unpaired) electrons. The van der Waals surface area contributed by atoms with Crippen molar-refractivity contribution in [2.45, 2.75) is 13.0 Å². The topological polar surface area (TPSA) is 73.6 Å². The zero-order valence-electron chi connectivity index (χ0n) is 10.6. The summed E-state index contributed by atoms with van der Waals surface area (Å²) < 4.78 is 10.1. The number of nitrogens with one attached hydrogen (secondary N) is 1. The summed E-state index contributed by atoms with van der Waals surface area (Å²) in [6.07, 6.45) is -0.689. The van der Waals surface area contributed by atoms with Crippen molar-refractivity contribution < 1.29 is 14.3 Å². The van der Waals surface area contributed by atoms with Gasteiger partial charge >= 0.3 is 0 Å². The highest BCUT2D eigenvalue weighted by atomic mass is 35.5. The van der Waals surface area contributed by atoms with Gasteiger partial charge in [0.15, 0.2) is 0 Å². The number of nitrogens with two attached hydrogens (primary N) is 1. The number of ether oxygens (including phenoxy) is 2. The molecular weight excluding hydrogens is 256 g/mol. The van der Waals surface area contributed by atoms with Gasteiger partial charge in [-0.3, -0.25) is 4.79 Å². The van der Waals surface area contributed by atoms with Crippen molar-refractivity contribution in [1.29, 1.82) is 0 Å². The minimum Gasteiger partial charge on any atom is -0.495 e. The van der Waals surface area contributed by atoms with Gasteiger partial charge in [0.2, 0.25) is 0 Å². The lowest BCUT2D eigenvalue weighted by atomic mass is 10.2. The number of hydrogen-bond acceptors (Lipinski definition) is 4. The van der Waals surface area contributed by atoms with Crippen LogP contribution in [0.5, 0.6) is 5.75 Å². The summed E-state index contributed by atoms with van der Waals surface area (Å²) in [5, 5.41) is 3.28. The van der Waals surface area contributed by atoms with Gasteiger partial charge in [-0.2, -0.15) is 0 Å². The monoisotopic (exact) mass is 272 g/mol. The molecule has 1 aromatic rings. The number of carbonyl (C=O) groups excluding carboxylic acids is 1. The Bertz CT molecular complexity index is 434. The van der Waals surface area contributed by atoms with Crippen molar-refractivity contribution in [3.8, 4) is 5.75 Å². The van der Waals surface area contributed by atoms with Gasteiger partial charge in [0, 0.05) is 24.7 Å². The Kier molecular flexibility index (Phi) is 5.40. The summed E-state index contributed by atoms with van der Waals surface area (Å²) >= 11 is 5.98. The number of methoxy groups -OCH3 is 2. The first-order chi connectivity index (χ1) is 8.53. The molecule has 0 aliphatic heterocycles. The molecule has 18 heavy (non-hydrogen) atoms. The maximum Gasteiger partial charge on any atom is 0.254 e. The van der Waals surface area contributed by atoms with Crippen LogP contribution in [0.2, 0.25) is 5.02 Å². The zero-order valence-corrected chi connectivity index (χ0v) is 11.4. The molecule has 1 atom stereocenters. The normalized spacial score (nSPS) is 12.1. The number of amides is 1. The second-order valence-electron chi connectivity index (χ2n) is 3.75. The van der Waals surface area contributed by atoms with Crippen LogP contribution in [0.25, 0.3) is 0 Å². The summed E-state index contributed by atoms with van der Waals surface area (Å²) in [5.41, 5.74) is 6.81. The van der Waals surface area contributed by atoms with Crippen LogP contribution in [-0.4, -0.2) is 32.8 Å². The molecule has 0 aromatic heterocycles. The maximum atomic E-state index is 11.8. The fourth-order valence-corrected chi connectivity index (χ4v) is 1.61. The molecule has 5 nitrogen and oxygen atoms in total. The lowest BCUT2D eigenvalue weighted by molar-refractivity contribution is -0.125. The van der Waals surface area contributed by atoms with Crippen LogP contribution in [0, 0.1) is 6.92 Å². The maximum absolute atomic E-state index is 11.8. The number of aryl methyl sites for hydroxylation is 1. The minimum atomic E-state index is -0.689. The van der Waals surface area contributed by atoms with Crippen LogP contribution in [0.3, 0.4) is 0 Å². The molecule has 1 unspecified atom stereocenters. The molecule has 0 saturated carbocycles. The van der Waals surface area contributed by atoms with Crippen LogP contribution in [0.1, 0.15) is 5.56 Å². The predicted molar refractivity (Wildman–Crippen MR) is 71.2 cm³/mol. The summed E-state index contributed by atoms with van der Waals surface area (Å²) in [5.74, 6) is 0.172. The molecule has 1 amide bonds. The molecule has 3 N–H and O–H groups in total. The van der Waals surface area contributed by atoms with E-state index < -0.39 is 6.10 Å². The number of anilines is 1. The smallest absolute Gasteiger partial charge is 0.254 e. The van der Waals surface area contributed by atoms with Gasteiger partial charge in [-0.15, -0.1) is 0 Å². The molecule has 1 aromatic carbocycles. The summed E-state index contributed by atoms with van der Waals surface area (Å²) in [6.45, 7) is 1.95. The number of hydrogen-bond donors (Lipinski definition) is 2. The van der Waals surface area contributed by atoms with E-state index >= 15 is 0 Å². The molecule has 0 spiro atoms. The molecule has 0 bridgehead atoms. The summed E-state index contributed by atoms with van der Waals surface area (Å²) in [4.78, 5) is 11.8. The zero-order chi connectivity index (χ0) is 13.7. The molecule has 100 valence electrons.